The van der Waals surface area contributed by atoms with Crippen LogP contribution in [0, 0.1) is 0 Å². The van der Waals surface area contributed by atoms with Gasteiger partial charge in [-0.15, -0.1) is 0 Å². The molecule has 0 aliphatic heterocycles. The van der Waals surface area contributed by atoms with Gasteiger partial charge in [0.2, 0.25) is 0 Å². The average Bonchev–Trinajstić information content (AvgIpc) is 2.16. The highest BCUT2D eigenvalue weighted by Crippen LogP contribution is 2.34. The van der Waals surface area contributed by atoms with E-state index in [1.165, 1.54) is 21.1 Å². The maximum Gasteiger partial charge on any atom is 0.165 e. The lowest BCUT2D eigenvalue weighted by atomic mass is 10.1. The zero-order chi connectivity index (χ0) is 10.7. The number of methoxy groups -OCH3 is 2. The van der Waals surface area contributed by atoms with E-state index in [2.05, 4.69) is 0 Å². The number of hydrogen-bond donors (Lipinski definition) is 0. The molecule has 0 N–H and O–H groups in total. The zero-order valence-electron chi connectivity index (χ0n) is 8.26. The monoisotopic (exact) mass is 214 g/mol. The van der Waals surface area contributed by atoms with Crippen LogP contribution in [-0.2, 0) is 0 Å². The molecule has 4 heteroatoms. The highest BCUT2D eigenvalue weighted by atomic mass is 35.5. The van der Waals surface area contributed by atoms with E-state index in [0.717, 1.165) is 0 Å². The Balaban J connectivity index is 3.39. The molecule has 0 saturated heterocycles. The minimum absolute atomic E-state index is 0.147. The smallest absolute Gasteiger partial charge is 0.165 e. The van der Waals surface area contributed by atoms with Crippen molar-refractivity contribution >= 4 is 17.4 Å². The van der Waals surface area contributed by atoms with Gasteiger partial charge in [-0.05, 0) is 19.1 Å². The summed E-state index contributed by atoms with van der Waals surface area (Å²) < 4.78 is 10.0. The van der Waals surface area contributed by atoms with Crippen LogP contribution in [-0.4, -0.2) is 20.0 Å². The Hall–Kier alpha value is -1.22. The summed E-state index contributed by atoms with van der Waals surface area (Å²) >= 11 is 5.96. The minimum Gasteiger partial charge on any atom is -0.496 e. The number of carbonyl (C=O) groups excluding carboxylic acids is 1. The third-order valence-corrected chi connectivity index (χ3v) is 2.24. The number of ether oxygens (including phenoxy) is 2. The number of ketones is 1. The fourth-order valence-electron chi connectivity index (χ4n) is 1.20. The zero-order valence-corrected chi connectivity index (χ0v) is 9.01. The van der Waals surface area contributed by atoms with E-state index in [1.807, 2.05) is 0 Å². The van der Waals surface area contributed by atoms with E-state index >= 15 is 0 Å². The fourth-order valence-corrected chi connectivity index (χ4v) is 1.56. The van der Waals surface area contributed by atoms with Crippen LogP contribution in [0.15, 0.2) is 12.1 Å². The van der Waals surface area contributed by atoms with Gasteiger partial charge in [0.05, 0.1) is 24.8 Å². The van der Waals surface area contributed by atoms with Gasteiger partial charge in [-0.1, -0.05) is 11.6 Å². The lowest BCUT2D eigenvalue weighted by Crippen LogP contribution is -2.00. The van der Waals surface area contributed by atoms with E-state index < -0.39 is 0 Å². The molecule has 0 aliphatic carbocycles. The first-order valence-electron chi connectivity index (χ1n) is 4.03. The Morgan fingerprint density at radius 2 is 1.71 bits per heavy atom. The summed E-state index contributed by atoms with van der Waals surface area (Å²) in [5.41, 5.74) is 0.355. The van der Waals surface area contributed by atoms with E-state index in [4.69, 9.17) is 21.1 Å². The van der Waals surface area contributed by atoms with Gasteiger partial charge in [-0.2, -0.15) is 0 Å². The third kappa shape index (κ3) is 1.82. The summed E-state index contributed by atoms with van der Waals surface area (Å²) in [5, 5.41) is 0.291. The van der Waals surface area contributed by atoms with Crippen LogP contribution < -0.4 is 9.47 Å². The lowest BCUT2D eigenvalue weighted by molar-refractivity contribution is 0.101. The fraction of sp³-hybridized carbons (Fsp3) is 0.300. The Morgan fingerprint density at radius 1 is 1.21 bits per heavy atom. The van der Waals surface area contributed by atoms with Crippen molar-refractivity contribution < 1.29 is 14.3 Å². The largest absolute Gasteiger partial charge is 0.496 e. The van der Waals surface area contributed by atoms with Crippen molar-refractivity contribution in [1.82, 2.24) is 0 Å². The van der Waals surface area contributed by atoms with Crippen LogP contribution in [0.25, 0.3) is 0 Å². The van der Waals surface area contributed by atoms with E-state index in [0.29, 0.717) is 22.1 Å². The first-order valence-corrected chi connectivity index (χ1v) is 4.41. The Kier molecular flexibility index (Phi) is 3.36. The second kappa shape index (κ2) is 4.33. The van der Waals surface area contributed by atoms with Gasteiger partial charge in [0.1, 0.15) is 11.5 Å². The molecule has 0 bridgehead atoms. The molecule has 0 unspecified atom stereocenters. The van der Waals surface area contributed by atoms with Gasteiger partial charge >= 0.3 is 0 Å². The second-order valence-corrected chi connectivity index (χ2v) is 3.09. The Morgan fingerprint density at radius 3 is 2.14 bits per heavy atom. The molecule has 0 atom stereocenters. The summed E-state index contributed by atoms with van der Waals surface area (Å²) in [6.07, 6.45) is 0. The number of rotatable bonds is 3. The van der Waals surface area contributed by atoms with Crippen molar-refractivity contribution in [1.29, 1.82) is 0 Å². The third-order valence-electron chi connectivity index (χ3n) is 1.86. The van der Waals surface area contributed by atoms with E-state index in [9.17, 15) is 4.79 Å². The van der Waals surface area contributed by atoms with Crippen molar-refractivity contribution in [3.8, 4) is 11.5 Å². The quantitative estimate of drug-likeness (QED) is 0.726. The molecule has 0 heterocycles. The highest BCUT2D eigenvalue weighted by molar-refractivity contribution is 6.35. The normalized spacial score (nSPS) is 9.71. The first kappa shape index (κ1) is 10.9. The molecule has 3 nitrogen and oxygen atoms in total. The number of Topliss-reactive ketones (excluding diaryl/α,β-unsaturated/α-hetero) is 1. The number of carbonyl (C=O) groups is 1. The Labute approximate surface area is 87.6 Å². The Bertz CT molecular complexity index is 361. The summed E-state index contributed by atoms with van der Waals surface area (Å²) in [5.74, 6) is 0.784. The molecular formula is C10H11ClO3. The van der Waals surface area contributed by atoms with Crippen molar-refractivity contribution in [2.45, 2.75) is 6.92 Å². The predicted octanol–water partition coefficient (Wildman–Crippen LogP) is 2.56. The van der Waals surface area contributed by atoms with Gasteiger partial charge in [0, 0.05) is 0 Å². The molecule has 1 rings (SSSR count). The molecule has 0 aromatic heterocycles. The van der Waals surface area contributed by atoms with Crippen molar-refractivity contribution in [3.05, 3.63) is 22.7 Å². The van der Waals surface area contributed by atoms with Crippen LogP contribution in [0.3, 0.4) is 0 Å². The van der Waals surface area contributed by atoms with Gasteiger partial charge in [-0.3, -0.25) is 4.79 Å². The standard InChI is InChI=1S/C10H11ClO3/c1-6(12)9-7(13-2)4-5-8(14-3)10(9)11/h4-5H,1-3H3. The predicted molar refractivity (Wildman–Crippen MR) is 54.6 cm³/mol. The molecule has 0 radical (unpaired) electrons. The number of halogens is 1. The molecule has 76 valence electrons. The molecule has 14 heavy (non-hydrogen) atoms. The summed E-state index contributed by atoms with van der Waals surface area (Å²) in [6.45, 7) is 1.43. The van der Waals surface area contributed by atoms with Crippen LogP contribution in [0.1, 0.15) is 17.3 Å². The first-order chi connectivity index (χ1) is 6.61. The molecule has 0 fully saturated rings. The SMILES string of the molecule is COc1ccc(OC)c(C(C)=O)c1Cl. The number of benzene rings is 1. The van der Waals surface area contributed by atoms with Crippen LogP contribution >= 0.6 is 11.6 Å². The summed E-state index contributed by atoms with van der Waals surface area (Å²) in [6, 6.07) is 3.31. The topological polar surface area (TPSA) is 35.5 Å². The van der Waals surface area contributed by atoms with Gasteiger partial charge in [0.25, 0.3) is 0 Å². The minimum atomic E-state index is -0.147. The van der Waals surface area contributed by atoms with Crippen molar-refractivity contribution in [2.24, 2.45) is 0 Å². The summed E-state index contributed by atoms with van der Waals surface area (Å²) in [4.78, 5) is 11.3. The molecule has 1 aromatic rings. The van der Waals surface area contributed by atoms with Crippen LogP contribution in [0.5, 0.6) is 11.5 Å². The summed E-state index contributed by atoms with van der Waals surface area (Å²) in [7, 11) is 2.99. The lowest BCUT2D eigenvalue weighted by Gasteiger charge is -2.10. The molecule has 0 saturated carbocycles. The van der Waals surface area contributed by atoms with E-state index in [-0.39, 0.29) is 5.78 Å². The molecule has 0 spiro atoms. The van der Waals surface area contributed by atoms with E-state index in [1.54, 1.807) is 12.1 Å². The molecule has 1 aromatic carbocycles. The maximum absolute atomic E-state index is 11.3. The van der Waals surface area contributed by atoms with Gasteiger partial charge in [0.15, 0.2) is 5.78 Å². The molecular weight excluding hydrogens is 204 g/mol. The van der Waals surface area contributed by atoms with Crippen LogP contribution in [0.2, 0.25) is 5.02 Å². The second-order valence-electron chi connectivity index (χ2n) is 2.72. The molecule has 0 aliphatic rings. The average molecular weight is 215 g/mol. The van der Waals surface area contributed by atoms with Crippen molar-refractivity contribution in [2.75, 3.05) is 14.2 Å². The number of hydrogen-bond acceptors (Lipinski definition) is 3. The van der Waals surface area contributed by atoms with Gasteiger partial charge < -0.3 is 9.47 Å². The maximum atomic E-state index is 11.3. The highest BCUT2D eigenvalue weighted by Gasteiger charge is 2.16. The van der Waals surface area contributed by atoms with Gasteiger partial charge in [-0.25, -0.2) is 0 Å². The van der Waals surface area contributed by atoms with Crippen LogP contribution in [0.4, 0.5) is 0 Å². The van der Waals surface area contributed by atoms with Crippen molar-refractivity contribution in [3.63, 3.8) is 0 Å². The molecule has 0 amide bonds.